The second-order valence-electron chi connectivity index (χ2n) is 10.1. The molecule has 30 heavy (non-hydrogen) atoms. The molecule has 0 N–H and O–H groups in total. The number of para-hydroxylation sites is 1. The van der Waals surface area contributed by atoms with Gasteiger partial charge >= 0.3 is 66.7 Å². The van der Waals surface area contributed by atoms with E-state index < -0.39 is 0 Å². The average molecular weight is 459 g/mol. The summed E-state index contributed by atoms with van der Waals surface area (Å²) in [7, 11) is 0. The van der Waals surface area contributed by atoms with Crippen LogP contribution in [0, 0.1) is 10.8 Å². The molecule has 1 aliphatic rings. The van der Waals surface area contributed by atoms with E-state index in [1.165, 1.54) is 17.6 Å². The summed E-state index contributed by atoms with van der Waals surface area (Å²) < 4.78 is 7.73. The summed E-state index contributed by atoms with van der Waals surface area (Å²) >= 11 is 0.375. The van der Waals surface area contributed by atoms with Crippen LogP contribution in [0.4, 0.5) is 0 Å². The van der Waals surface area contributed by atoms with Gasteiger partial charge < -0.3 is 4.74 Å². The Bertz CT molecular complexity index is 756. The van der Waals surface area contributed by atoms with Crippen molar-refractivity contribution in [3.8, 4) is 5.75 Å². The van der Waals surface area contributed by atoms with Gasteiger partial charge in [0.05, 0.1) is 0 Å². The normalized spacial score (nSPS) is 14.9. The molecular weight excluding hydrogens is 416 g/mol. The molecule has 0 atom stereocenters. The molecule has 0 amide bonds. The molecular formula is C27H42OSiTi. The zero-order chi connectivity index (χ0) is 22.8. The standard InChI is InChI=1S/C20H30O.C5H5.C2H7Si.Ti/c1-8-16(19(2,3)4)14-17(20(5,6)7)15-21-18-12-10-9-11-13-18;1-2-4-5-3-1;1-3-2;/h8-14H,15H2,1-7H3;1-3H,4H2;3H,1-2H3;. The van der Waals surface area contributed by atoms with Gasteiger partial charge in [0.1, 0.15) is 12.4 Å². The van der Waals surface area contributed by atoms with Gasteiger partial charge in [0.2, 0.25) is 0 Å². The molecule has 1 aliphatic carbocycles. The third-order valence-corrected chi connectivity index (χ3v) is 10.8. The van der Waals surface area contributed by atoms with E-state index in [0.29, 0.717) is 25.0 Å². The Morgan fingerprint density at radius 2 is 1.67 bits per heavy atom. The van der Waals surface area contributed by atoms with Gasteiger partial charge in [-0.1, -0.05) is 71.9 Å². The first-order valence-electron chi connectivity index (χ1n) is 11.1. The van der Waals surface area contributed by atoms with Gasteiger partial charge in [0.15, 0.2) is 0 Å². The number of allylic oxidation sites excluding steroid dienone is 7. The Morgan fingerprint density at radius 3 is 2.10 bits per heavy atom. The Morgan fingerprint density at radius 1 is 1.03 bits per heavy atom. The Hall–Kier alpha value is -1.09. The van der Waals surface area contributed by atoms with Crippen molar-refractivity contribution in [1.29, 1.82) is 0 Å². The van der Waals surface area contributed by atoms with E-state index in [2.05, 4.69) is 91.9 Å². The summed E-state index contributed by atoms with van der Waals surface area (Å²) in [4.78, 5) is 0. The van der Waals surface area contributed by atoms with E-state index in [1.54, 1.807) is 3.88 Å². The molecule has 0 spiro atoms. The first kappa shape index (κ1) is 26.9. The third-order valence-electron chi connectivity index (χ3n) is 4.85. The third kappa shape index (κ3) is 10.8. The van der Waals surface area contributed by atoms with Crippen LogP contribution >= 0.6 is 0 Å². The number of benzene rings is 1. The molecule has 1 nitrogen and oxygen atoms in total. The van der Waals surface area contributed by atoms with Crippen LogP contribution in [0.1, 0.15) is 54.9 Å². The van der Waals surface area contributed by atoms with Crippen LogP contribution in [0.2, 0.25) is 13.1 Å². The van der Waals surface area contributed by atoms with Crippen LogP contribution in [0.15, 0.2) is 75.7 Å². The van der Waals surface area contributed by atoms with Crippen LogP contribution in [-0.2, 0) is 18.4 Å². The fraction of sp³-hybridized carbons (Fsp3) is 0.481. The molecule has 0 saturated heterocycles. The molecule has 0 aromatic heterocycles. The number of ether oxygens (including phenoxy) is 1. The molecule has 164 valence electrons. The molecule has 0 bridgehead atoms. The second kappa shape index (κ2) is 12.7. The van der Waals surface area contributed by atoms with Crippen LogP contribution in [0.25, 0.3) is 0 Å². The molecule has 1 aromatic rings. The Kier molecular flexibility index (Phi) is 11.4. The van der Waals surface area contributed by atoms with Gasteiger partial charge in [0, 0.05) is 0 Å². The van der Waals surface area contributed by atoms with E-state index in [4.69, 9.17) is 4.74 Å². The summed E-state index contributed by atoms with van der Waals surface area (Å²) in [6, 6.07) is 10.0. The van der Waals surface area contributed by atoms with Crippen molar-refractivity contribution >= 4 is 6.66 Å². The van der Waals surface area contributed by atoms with E-state index in [0.717, 1.165) is 5.75 Å². The summed E-state index contributed by atoms with van der Waals surface area (Å²) in [6.07, 6.45) is 12.6. The molecule has 0 aliphatic heterocycles. The molecule has 2 rings (SSSR count). The van der Waals surface area contributed by atoms with Gasteiger partial charge in [-0.05, 0) is 41.0 Å². The fourth-order valence-corrected chi connectivity index (χ4v) is 8.76. The molecule has 0 radical (unpaired) electrons. The number of hydrogen-bond acceptors (Lipinski definition) is 1. The molecule has 3 heteroatoms. The van der Waals surface area contributed by atoms with Crippen molar-refractivity contribution < 1.29 is 23.1 Å². The van der Waals surface area contributed by atoms with Crippen molar-refractivity contribution in [2.75, 3.05) is 6.61 Å². The molecule has 0 heterocycles. The second-order valence-corrected chi connectivity index (χ2v) is 20.5. The van der Waals surface area contributed by atoms with Gasteiger partial charge in [-0.15, -0.1) is 0 Å². The summed E-state index contributed by atoms with van der Waals surface area (Å²) in [5.74, 6) is 0.922. The van der Waals surface area contributed by atoms with Gasteiger partial charge in [0.25, 0.3) is 0 Å². The Labute approximate surface area is 196 Å². The van der Waals surface area contributed by atoms with Crippen molar-refractivity contribution in [1.82, 2.24) is 0 Å². The number of hydrogen-bond donors (Lipinski definition) is 0. The van der Waals surface area contributed by atoms with Crippen LogP contribution < -0.4 is 4.74 Å². The topological polar surface area (TPSA) is 9.23 Å². The molecule has 1 aromatic carbocycles. The van der Waals surface area contributed by atoms with E-state index >= 15 is 0 Å². The summed E-state index contributed by atoms with van der Waals surface area (Å²) in [5.41, 5.74) is 2.91. The van der Waals surface area contributed by atoms with Gasteiger partial charge in [-0.3, -0.25) is 0 Å². The number of rotatable bonds is 6. The zero-order valence-electron chi connectivity index (χ0n) is 20.7. The van der Waals surface area contributed by atoms with Gasteiger partial charge in [-0.2, -0.15) is 0 Å². The first-order chi connectivity index (χ1) is 13.9. The first-order valence-corrected chi connectivity index (χ1v) is 17.5. The van der Waals surface area contributed by atoms with E-state index in [1.807, 2.05) is 30.3 Å². The van der Waals surface area contributed by atoms with Crippen molar-refractivity contribution in [3.05, 3.63) is 75.7 Å². The maximum absolute atomic E-state index is 5.96. The molecule has 0 saturated carbocycles. The average Bonchev–Trinajstić information content (AvgIpc) is 3.13. The Balaban J connectivity index is 0.000000414. The maximum atomic E-state index is 5.96. The minimum atomic E-state index is -0.207. The predicted octanol–water partition coefficient (Wildman–Crippen LogP) is 7.93. The monoisotopic (exact) mass is 458 g/mol. The molecule has 0 unspecified atom stereocenters. The van der Waals surface area contributed by atoms with Crippen molar-refractivity contribution in [3.63, 3.8) is 0 Å². The predicted molar refractivity (Wildman–Crippen MR) is 133 cm³/mol. The molecule has 0 fully saturated rings. The fourth-order valence-electron chi connectivity index (χ4n) is 3.00. The van der Waals surface area contributed by atoms with Crippen molar-refractivity contribution in [2.45, 2.75) is 68.0 Å². The van der Waals surface area contributed by atoms with Crippen LogP contribution in [-0.4, -0.2) is 13.3 Å². The van der Waals surface area contributed by atoms with E-state index in [-0.39, 0.29) is 17.5 Å². The SMILES string of the molecule is CC=C(C=C(COc1ccccc1)C(C)(C)C)C(C)(C)C.C[SiH](C)[Ti][C]1=CC=CC1. The van der Waals surface area contributed by atoms with Crippen LogP contribution in [0.5, 0.6) is 5.75 Å². The summed E-state index contributed by atoms with van der Waals surface area (Å²) in [6.45, 7) is 20.9. The van der Waals surface area contributed by atoms with Crippen LogP contribution in [0.3, 0.4) is 0 Å². The quantitative estimate of drug-likeness (QED) is 0.311. The van der Waals surface area contributed by atoms with E-state index in [9.17, 15) is 0 Å². The van der Waals surface area contributed by atoms with Gasteiger partial charge in [-0.25, -0.2) is 0 Å². The zero-order valence-corrected chi connectivity index (χ0v) is 23.4. The van der Waals surface area contributed by atoms with Crippen molar-refractivity contribution in [2.24, 2.45) is 10.8 Å². The summed E-state index contributed by atoms with van der Waals surface area (Å²) in [5, 5.41) is 0. The minimum absolute atomic E-state index is 0.0916.